The summed E-state index contributed by atoms with van der Waals surface area (Å²) in [5, 5.41) is 1.16. The predicted octanol–water partition coefficient (Wildman–Crippen LogP) is 4.08. The van der Waals surface area contributed by atoms with Crippen LogP contribution in [0.4, 0.5) is 0 Å². The van der Waals surface area contributed by atoms with Crippen molar-refractivity contribution >= 4 is 29.0 Å². The lowest BCUT2D eigenvalue weighted by atomic mass is 9.96. The average Bonchev–Trinajstić information content (AvgIpc) is 2.99. The molecule has 1 aliphatic heterocycles. The summed E-state index contributed by atoms with van der Waals surface area (Å²) in [4.78, 5) is 12.8. The van der Waals surface area contributed by atoms with E-state index in [-0.39, 0.29) is 5.78 Å². The SMILES string of the molecule is O=C(c1ccc(Cl)cc1)C1(c2ccc(Cl)cc2)OCCO1. The number of Topliss-reactive ketones (excluding diaryl/α,β-unsaturated/α-hetero) is 1. The Balaban J connectivity index is 2.02. The smallest absolute Gasteiger partial charge is 0.261 e. The summed E-state index contributed by atoms with van der Waals surface area (Å²) in [5.74, 6) is -1.66. The fraction of sp³-hybridized carbons (Fsp3) is 0.188. The first kappa shape index (κ1) is 14.5. The molecule has 0 radical (unpaired) electrons. The van der Waals surface area contributed by atoms with E-state index < -0.39 is 5.79 Å². The van der Waals surface area contributed by atoms with Crippen LogP contribution in [0.1, 0.15) is 15.9 Å². The van der Waals surface area contributed by atoms with Crippen LogP contribution in [0.25, 0.3) is 0 Å². The molecular formula is C16H12Cl2O3. The molecule has 1 fully saturated rings. The minimum atomic E-state index is -1.40. The van der Waals surface area contributed by atoms with Gasteiger partial charge in [0.2, 0.25) is 5.78 Å². The van der Waals surface area contributed by atoms with Crippen molar-refractivity contribution in [3.63, 3.8) is 0 Å². The number of hydrogen-bond acceptors (Lipinski definition) is 3. The van der Waals surface area contributed by atoms with Crippen LogP contribution >= 0.6 is 23.2 Å². The van der Waals surface area contributed by atoms with E-state index in [9.17, 15) is 4.79 Å². The van der Waals surface area contributed by atoms with Crippen molar-refractivity contribution in [2.45, 2.75) is 5.79 Å². The molecule has 0 aromatic heterocycles. The van der Waals surface area contributed by atoms with Gasteiger partial charge in [0.15, 0.2) is 0 Å². The Morgan fingerprint density at radius 2 is 1.33 bits per heavy atom. The fourth-order valence-electron chi connectivity index (χ4n) is 2.30. The maximum Gasteiger partial charge on any atom is 0.261 e. The van der Waals surface area contributed by atoms with Gasteiger partial charge in [-0.05, 0) is 36.4 Å². The predicted molar refractivity (Wildman–Crippen MR) is 80.8 cm³/mol. The van der Waals surface area contributed by atoms with Crippen molar-refractivity contribution in [1.82, 2.24) is 0 Å². The lowest BCUT2D eigenvalue weighted by molar-refractivity contribution is -0.126. The molecule has 3 nitrogen and oxygen atoms in total. The highest BCUT2D eigenvalue weighted by molar-refractivity contribution is 6.31. The summed E-state index contributed by atoms with van der Waals surface area (Å²) in [6, 6.07) is 13.5. The number of hydrogen-bond donors (Lipinski definition) is 0. The Labute approximate surface area is 132 Å². The molecule has 5 heteroatoms. The number of rotatable bonds is 3. The van der Waals surface area contributed by atoms with Crippen molar-refractivity contribution in [1.29, 1.82) is 0 Å². The maximum absolute atomic E-state index is 12.8. The third-order valence-corrected chi connectivity index (χ3v) is 3.83. The standard InChI is InChI=1S/C16H12Cl2O3/c17-13-5-1-11(2-6-13)15(19)16(20-9-10-21-16)12-3-7-14(18)8-4-12/h1-8H,9-10H2. The Hall–Kier alpha value is -1.39. The van der Waals surface area contributed by atoms with Gasteiger partial charge in [0.1, 0.15) is 0 Å². The fourth-order valence-corrected chi connectivity index (χ4v) is 2.55. The van der Waals surface area contributed by atoms with E-state index in [1.54, 1.807) is 48.5 Å². The van der Waals surface area contributed by atoms with E-state index in [2.05, 4.69) is 0 Å². The number of carbonyl (C=O) groups excluding carboxylic acids is 1. The Kier molecular flexibility index (Phi) is 4.00. The molecule has 108 valence electrons. The molecule has 1 aliphatic rings. The monoisotopic (exact) mass is 322 g/mol. The van der Waals surface area contributed by atoms with Crippen molar-refractivity contribution in [2.24, 2.45) is 0 Å². The number of ketones is 1. The highest BCUT2D eigenvalue weighted by Crippen LogP contribution is 2.35. The molecule has 0 amide bonds. The summed E-state index contributed by atoms with van der Waals surface area (Å²) in [6.45, 7) is 0.726. The van der Waals surface area contributed by atoms with Crippen LogP contribution in [0.2, 0.25) is 10.0 Å². The summed E-state index contributed by atoms with van der Waals surface area (Å²) in [6.07, 6.45) is 0. The average molecular weight is 323 g/mol. The van der Waals surface area contributed by atoms with Gasteiger partial charge in [-0.2, -0.15) is 0 Å². The summed E-state index contributed by atoms with van der Waals surface area (Å²) in [5.41, 5.74) is 1.11. The van der Waals surface area contributed by atoms with Crippen LogP contribution in [0.15, 0.2) is 48.5 Å². The molecule has 1 heterocycles. The number of benzene rings is 2. The van der Waals surface area contributed by atoms with Crippen LogP contribution in [0, 0.1) is 0 Å². The van der Waals surface area contributed by atoms with E-state index in [4.69, 9.17) is 32.7 Å². The summed E-state index contributed by atoms with van der Waals surface area (Å²) >= 11 is 11.8. The van der Waals surface area contributed by atoms with Crippen molar-refractivity contribution < 1.29 is 14.3 Å². The molecular weight excluding hydrogens is 311 g/mol. The van der Waals surface area contributed by atoms with Crippen molar-refractivity contribution in [2.75, 3.05) is 13.2 Å². The van der Waals surface area contributed by atoms with Gasteiger partial charge in [-0.1, -0.05) is 35.3 Å². The zero-order valence-electron chi connectivity index (χ0n) is 11.0. The minimum absolute atomic E-state index is 0.251. The van der Waals surface area contributed by atoms with Crippen LogP contribution in [-0.2, 0) is 15.3 Å². The molecule has 0 spiro atoms. The second kappa shape index (κ2) is 5.78. The summed E-state index contributed by atoms with van der Waals surface area (Å²) < 4.78 is 11.3. The normalized spacial score (nSPS) is 16.9. The summed E-state index contributed by atoms with van der Waals surface area (Å²) in [7, 11) is 0. The van der Waals surface area contributed by atoms with Gasteiger partial charge in [-0.15, -0.1) is 0 Å². The zero-order valence-corrected chi connectivity index (χ0v) is 12.5. The minimum Gasteiger partial charge on any atom is -0.337 e. The second-order valence-electron chi connectivity index (χ2n) is 4.66. The van der Waals surface area contributed by atoms with E-state index in [1.807, 2.05) is 0 Å². The van der Waals surface area contributed by atoms with E-state index in [1.165, 1.54) is 0 Å². The van der Waals surface area contributed by atoms with Gasteiger partial charge in [0.25, 0.3) is 5.79 Å². The topological polar surface area (TPSA) is 35.5 Å². The second-order valence-corrected chi connectivity index (χ2v) is 5.53. The zero-order chi connectivity index (χ0) is 14.9. The molecule has 0 unspecified atom stereocenters. The van der Waals surface area contributed by atoms with Crippen LogP contribution in [0.3, 0.4) is 0 Å². The Morgan fingerprint density at radius 1 is 0.857 bits per heavy atom. The third kappa shape index (κ3) is 2.70. The molecule has 2 aromatic rings. The van der Waals surface area contributed by atoms with Crippen LogP contribution < -0.4 is 0 Å². The molecule has 0 bridgehead atoms. The van der Waals surface area contributed by atoms with E-state index in [0.717, 1.165) is 0 Å². The van der Waals surface area contributed by atoms with Gasteiger partial charge in [-0.25, -0.2) is 0 Å². The maximum atomic E-state index is 12.8. The number of halogens is 2. The molecule has 0 N–H and O–H groups in total. The van der Waals surface area contributed by atoms with Gasteiger partial charge in [0.05, 0.1) is 13.2 Å². The molecule has 1 saturated heterocycles. The van der Waals surface area contributed by atoms with Crippen molar-refractivity contribution in [3.05, 3.63) is 69.7 Å². The Bertz CT molecular complexity index is 644. The van der Waals surface area contributed by atoms with Gasteiger partial charge in [0, 0.05) is 21.2 Å². The van der Waals surface area contributed by atoms with Gasteiger partial charge >= 0.3 is 0 Å². The quantitative estimate of drug-likeness (QED) is 0.799. The first-order valence-electron chi connectivity index (χ1n) is 6.46. The van der Waals surface area contributed by atoms with E-state index >= 15 is 0 Å². The molecule has 0 atom stereocenters. The third-order valence-electron chi connectivity index (χ3n) is 3.32. The largest absolute Gasteiger partial charge is 0.337 e. The first-order chi connectivity index (χ1) is 10.1. The lowest BCUT2D eigenvalue weighted by Crippen LogP contribution is -2.37. The van der Waals surface area contributed by atoms with E-state index in [0.29, 0.717) is 34.4 Å². The molecule has 0 aliphatic carbocycles. The molecule has 21 heavy (non-hydrogen) atoms. The van der Waals surface area contributed by atoms with Gasteiger partial charge in [-0.3, -0.25) is 4.79 Å². The molecule has 0 saturated carbocycles. The molecule has 2 aromatic carbocycles. The highest BCUT2D eigenvalue weighted by atomic mass is 35.5. The van der Waals surface area contributed by atoms with Crippen LogP contribution in [-0.4, -0.2) is 19.0 Å². The first-order valence-corrected chi connectivity index (χ1v) is 7.22. The Morgan fingerprint density at radius 3 is 1.86 bits per heavy atom. The van der Waals surface area contributed by atoms with Crippen LogP contribution in [0.5, 0.6) is 0 Å². The highest BCUT2D eigenvalue weighted by Gasteiger charge is 2.46. The molecule has 3 rings (SSSR count). The number of ether oxygens (including phenoxy) is 2. The van der Waals surface area contributed by atoms with Crippen molar-refractivity contribution in [3.8, 4) is 0 Å². The number of carbonyl (C=O) groups is 1. The lowest BCUT2D eigenvalue weighted by Gasteiger charge is -2.26. The van der Waals surface area contributed by atoms with Gasteiger partial charge < -0.3 is 9.47 Å².